The molecule has 0 saturated carbocycles. The normalized spacial score (nSPS) is 11.1. The smallest absolute Gasteiger partial charge is 0.321 e. The van der Waals surface area contributed by atoms with Crippen LogP contribution in [0.25, 0.3) is 11.0 Å². The second-order valence-electron chi connectivity index (χ2n) is 6.88. The summed E-state index contributed by atoms with van der Waals surface area (Å²) in [5.41, 5.74) is -0.794. The van der Waals surface area contributed by atoms with Gasteiger partial charge in [-0.1, -0.05) is 26.0 Å². The fourth-order valence-corrected chi connectivity index (χ4v) is 3.12. The Kier molecular flexibility index (Phi) is 5.02. The lowest BCUT2D eigenvalue weighted by atomic mass is 10.0. The highest BCUT2D eigenvalue weighted by atomic mass is 16.6. The average molecular weight is 397 g/mol. The maximum absolute atomic E-state index is 12.9. The Morgan fingerprint density at radius 3 is 2.45 bits per heavy atom. The molecule has 150 valence electrons. The third kappa shape index (κ3) is 3.28. The highest BCUT2D eigenvalue weighted by Gasteiger charge is 2.24. The number of carbonyl (C=O) groups is 1. The zero-order chi connectivity index (χ0) is 21.5. The van der Waals surface area contributed by atoms with Crippen LogP contribution in [-0.4, -0.2) is 24.9 Å². The van der Waals surface area contributed by atoms with Gasteiger partial charge in [-0.3, -0.25) is 28.8 Å². The number of amides is 1. The number of benzene rings is 1. The summed E-state index contributed by atoms with van der Waals surface area (Å²) >= 11 is 0. The molecule has 0 aliphatic carbocycles. The van der Waals surface area contributed by atoms with Gasteiger partial charge >= 0.3 is 5.69 Å². The van der Waals surface area contributed by atoms with Crippen LogP contribution in [-0.2, 0) is 14.1 Å². The number of anilines is 1. The number of para-hydroxylation sites is 1. The molecule has 1 amide bonds. The van der Waals surface area contributed by atoms with Crippen LogP contribution < -0.4 is 16.6 Å². The zero-order valence-corrected chi connectivity index (χ0v) is 16.3. The molecule has 0 fully saturated rings. The van der Waals surface area contributed by atoms with E-state index in [0.717, 1.165) is 4.57 Å². The minimum Gasteiger partial charge on any atom is -0.321 e. The van der Waals surface area contributed by atoms with E-state index >= 15 is 0 Å². The molecular weight excluding hydrogens is 378 g/mol. The van der Waals surface area contributed by atoms with Gasteiger partial charge in [-0.05, 0) is 17.5 Å². The third-order valence-corrected chi connectivity index (χ3v) is 4.70. The van der Waals surface area contributed by atoms with E-state index in [-0.39, 0.29) is 33.9 Å². The standard InChI is InChI=1S/C19H19N5O5/c1-10(2)12-9-20-16-14(18(26)23(4)19(27)22(16)3)15(12)21-17(25)11-7-5-6-8-13(11)24(28)29/h5-10H,1-4H3,(H,20,21,25). The molecule has 1 N–H and O–H groups in total. The summed E-state index contributed by atoms with van der Waals surface area (Å²) in [5, 5.41) is 14.0. The lowest BCUT2D eigenvalue weighted by Gasteiger charge is -2.17. The van der Waals surface area contributed by atoms with Gasteiger partial charge in [0.2, 0.25) is 0 Å². The lowest BCUT2D eigenvalue weighted by molar-refractivity contribution is -0.385. The number of aromatic nitrogens is 3. The molecule has 3 rings (SSSR count). The highest BCUT2D eigenvalue weighted by Crippen LogP contribution is 2.29. The fourth-order valence-electron chi connectivity index (χ4n) is 3.12. The highest BCUT2D eigenvalue weighted by molar-refractivity contribution is 6.10. The van der Waals surface area contributed by atoms with Gasteiger partial charge in [0.25, 0.3) is 17.2 Å². The summed E-state index contributed by atoms with van der Waals surface area (Å²) in [7, 11) is 2.81. The van der Waals surface area contributed by atoms with E-state index in [1.165, 1.54) is 49.1 Å². The predicted octanol–water partition coefficient (Wildman–Crippen LogP) is 1.92. The van der Waals surface area contributed by atoms with Crippen LogP contribution in [0.3, 0.4) is 0 Å². The molecule has 3 aromatic rings. The first-order valence-electron chi connectivity index (χ1n) is 8.78. The second kappa shape index (κ2) is 7.30. The first-order chi connectivity index (χ1) is 13.6. The Hall–Kier alpha value is -3.82. The minimum atomic E-state index is -0.734. The second-order valence-corrected chi connectivity index (χ2v) is 6.88. The van der Waals surface area contributed by atoms with Gasteiger partial charge in [0.15, 0.2) is 5.65 Å². The SMILES string of the molecule is CC(C)c1cnc2c(c1NC(=O)c1ccccc1[N+](=O)[O-])c(=O)n(C)c(=O)n2C. The molecule has 2 heterocycles. The van der Waals surface area contributed by atoms with Crippen LogP contribution in [0.1, 0.15) is 35.7 Å². The van der Waals surface area contributed by atoms with Gasteiger partial charge in [0.1, 0.15) is 10.9 Å². The van der Waals surface area contributed by atoms with Gasteiger partial charge in [0, 0.05) is 26.4 Å². The Morgan fingerprint density at radius 2 is 1.83 bits per heavy atom. The van der Waals surface area contributed by atoms with Crippen LogP contribution in [0.4, 0.5) is 11.4 Å². The van der Waals surface area contributed by atoms with Crippen molar-refractivity contribution in [1.82, 2.24) is 14.1 Å². The number of pyridine rings is 1. The summed E-state index contributed by atoms with van der Waals surface area (Å²) in [6, 6.07) is 5.53. The van der Waals surface area contributed by atoms with Crippen LogP contribution in [0.2, 0.25) is 0 Å². The van der Waals surface area contributed by atoms with Crippen molar-refractivity contribution in [2.75, 3.05) is 5.32 Å². The molecule has 10 nitrogen and oxygen atoms in total. The van der Waals surface area contributed by atoms with Gasteiger partial charge in [-0.15, -0.1) is 0 Å². The molecule has 0 aliphatic rings. The topological polar surface area (TPSA) is 129 Å². The fraction of sp³-hybridized carbons (Fsp3) is 0.263. The molecule has 0 saturated heterocycles. The summed E-state index contributed by atoms with van der Waals surface area (Å²) < 4.78 is 2.14. The number of nitro benzene ring substituents is 1. The van der Waals surface area contributed by atoms with Gasteiger partial charge < -0.3 is 5.32 Å². The maximum atomic E-state index is 12.9. The molecular formula is C19H19N5O5. The number of rotatable bonds is 4. The predicted molar refractivity (Wildman–Crippen MR) is 107 cm³/mol. The van der Waals surface area contributed by atoms with E-state index in [2.05, 4.69) is 10.3 Å². The lowest BCUT2D eigenvalue weighted by Crippen LogP contribution is -2.38. The molecule has 29 heavy (non-hydrogen) atoms. The van der Waals surface area contributed by atoms with Crippen molar-refractivity contribution in [3.8, 4) is 0 Å². The molecule has 10 heteroatoms. The number of nitrogens with one attached hydrogen (secondary N) is 1. The summed E-state index contributed by atoms with van der Waals surface area (Å²) in [6.07, 6.45) is 1.49. The average Bonchev–Trinajstić information content (AvgIpc) is 2.69. The zero-order valence-electron chi connectivity index (χ0n) is 16.3. The van der Waals surface area contributed by atoms with Gasteiger partial charge in [-0.25, -0.2) is 9.78 Å². The first-order valence-corrected chi connectivity index (χ1v) is 8.78. The molecule has 0 aliphatic heterocycles. The molecule has 0 atom stereocenters. The van der Waals surface area contributed by atoms with Gasteiger partial charge in [-0.2, -0.15) is 0 Å². The number of aryl methyl sites for hydroxylation is 1. The van der Waals surface area contributed by atoms with Crippen LogP contribution >= 0.6 is 0 Å². The number of fused-ring (bicyclic) bond motifs is 1. The van der Waals surface area contributed by atoms with E-state index in [1.807, 2.05) is 13.8 Å². The van der Waals surface area contributed by atoms with Crippen molar-refractivity contribution in [3.63, 3.8) is 0 Å². The number of nitro groups is 1. The number of nitrogens with zero attached hydrogens (tertiary/aromatic N) is 4. The molecule has 0 radical (unpaired) electrons. The van der Waals surface area contributed by atoms with Crippen LogP contribution in [0, 0.1) is 10.1 Å². The molecule has 2 aromatic heterocycles. The Morgan fingerprint density at radius 1 is 1.17 bits per heavy atom. The molecule has 1 aromatic carbocycles. The molecule has 0 unspecified atom stereocenters. The monoisotopic (exact) mass is 397 g/mol. The van der Waals surface area contributed by atoms with E-state index in [1.54, 1.807) is 0 Å². The largest absolute Gasteiger partial charge is 0.332 e. The van der Waals surface area contributed by atoms with Gasteiger partial charge in [0.05, 0.1) is 10.6 Å². The van der Waals surface area contributed by atoms with E-state index in [0.29, 0.717) is 5.56 Å². The van der Waals surface area contributed by atoms with E-state index in [4.69, 9.17) is 0 Å². The van der Waals surface area contributed by atoms with E-state index in [9.17, 15) is 24.5 Å². The number of hydrogen-bond donors (Lipinski definition) is 1. The number of hydrogen-bond acceptors (Lipinski definition) is 6. The summed E-state index contributed by atoms with van der Waals surface area (Å²) in [5.74, 6) is -0.850. The Balaban J connectivity index is 2.30. The molecule has 0 spiro atoms. The van der Waals surface area contributed by atoms with Crippen LogP contribution in [0.15, 0.2) is 40.1 Å². The molecule has 0 bridgehead atoms. The van der Waals surface area contributed by atoms with Crippen molar-refractivity contribution in [3.05, 3.63) is 72.5 Å². The third-order valence-electron chi connectivity index (χ3n) is 4.70. The van der Waals surface area contributed by atoms with Crippen molar-refractivity contribution < 1.29 is 9.72 Å². The summed E-state index contributed by atoms with van der Waals surface area (Å²) in [6.45, 7) is 3.71. The number of carbonyl (C=O) groups excluding carboxylic acids is 1. The minimum absolute atomic E-state index is 0.0627. The van der Waals surface area contributed by atoms with Crippen molar-refractivity contribution >= 4 is 28.3 Å². The first kappa shape index (κ1) is 19.9. The quantitative estimate of drug-likeness (QED) is 0.529. The van der Waals surface area contributed by atoms with E-state index < -0.39 is 22.1 Å². The Bertz CT molecular complexity index is 1270. The van der Waals surface area contributed by atoms with Crippen molar-refractivity contribution in [1.29, 1.82) is 0 Å². The van der Waals surface area contributed by atoms with Crippen LogP contribution in [0.5, 0.6) is 0 Å². The summed E-state index contributed by atoms with van der Waals surface area (Å²) in [4.78, 5) is 52.8. The maximum Gasteiger partial charge on any atom is 0.332 e. The van der Waals surface area contributed by atoms with Crippen molar-refractivity contribution in [2.24, 2.45) is 14.1 Å². The van der Waals surface area contributed by atoms with Crippen molar-refractivity contribution in [2.45, 2.75) is 19.8 Å². The Labute approximate surface area is 164 Å².